The quantitative estimate of drug-likeness (QED) is 0.157. The predicted octanol–water partition coefficient (Wildman–Crippen LogP) is 15.5. The van der Waals surface area contributed by atoms with Crippen molar-refractivity contribution in [2.75, 3.05) is 9.80 Å². The highest BCUT2D eigenvalue weighted by atomic mass is 32.1. The summed E-state index contributed by atoms with van der Waals surface area (Å²) in [5.74, 6) is 0. The number of anilines is 6. The van der Waals surface area contributed by atoms with Crippen molar-refractivity contribution >= 4 is 115 Å². The van der Waals surface area contributed by atoms with Crippen molar-refractivity contribution in [1.29, 1.82) is 0 Å². The molecule has 0 radical (unpaired) electrons. The largest absolute Gasteiger partial charge is 0.310 e. The van der Waals surface area contributed by atoms with Gasteiger partial charge in [-0.15, -0.1) is 22.7 Å². The molecule has 0 N–H and O–H groups in total. The molecular formula is C50H34N2S2. The molecule has 0 unspecified atom stereocenters. The van der Waals surface area contributed by atoms with Gasteiger partial charge in [0.05, 0.1) is 10.4 Å². The number of para-hydroxylation sites is 2. The fourth-order valence-electron chi connectivity index (χ4n) is 8.49. The Balaban J connectivity index is 1.18. The molecule has 0 aliphatic heterocycles. The second-order valence-electron chi connectivity index (χ2n) is 14.0. The molecule has 54 heavy (non-hydrogen) atoms. The first-order chi connectivity index (χ1) is 26.8. The lowest BCUT2D eigenvalue weighted by Gasteiger charge is -2.30. The second-order valence-corrected chi connectivity index (χ2v) is 16.1. The van der Waals surface area contributed by atoms with E-state index in [1.165, 1.54) is 67.9 Å². The molecule has 2 heterocycles. The van der Waals surface area contributed by atoms with Gasteiger partial charge in [0.25, 0.3) is 0 Å². The average Bonchev–Trinajstić information content (AvgIpc) is 3.82. The molecule has 2 aromatic heterocycles. The van der Waals surface area contributed by atoms with Gasteiger partial charge in [0.2, 0.25) is 0 Å². The number of rotatable bonds is 6. The van der Waals surface area contributed by atoms with Crippen LogP contribution in [0.25, 0.3) is 57.9 Å². The monoisotopic (exact) mass is 726 g/mol. The summed E-state index contributed by atoms with van der Waals surface area (Å²) < 4.78 is 4.01. The first kappa shape index (κ1) is 31.3. The number of benzene rings is 8. The van der Waals surface area contributed by atoms with Gasteiger partial charge in [-0.05, 0) is 113 Å². The van der Waals surface area contributed by atoms with E-state index in [2.05, 4.69) is 192 Å². The van der Waals surface area contributed by atoms with E-state index in [-0.39, 0.29) is 0 Å². The number of thiophene rings is 2. The van der Waals surface area contributed by atoms with Gasteiger partial charge in [-0.2, -0.15) is 0 Å². The summed E-state index contributed by atoms with van der Waals surface area (Å²) in [4.78, 5) is 6.23. The normalized spacial score (nSPS) is 12.6. The fraction of sp³-hybridized carbons (Fsp3) is 0.0400. The Kier molecular flexibility index (Phi) is 7.39. The van der Waals surface area contributed by atoms with E-state index in [0.29, 0.717) is 0 Å². The Morgan fingerprint density at radius 3 is 1.83 bits per heavy atom. The summed E-state index contributed by atoms with van der Waals surface area (Å²) in [5.41, 5.74) is 8.29. The average molecular weight is 727 g/mol. The molecule has 10 aromatic rings. The summed E-state index contributed by atoms with van der Waals surface area (Å²) >= 11 is 3.83. The summed E-state index contributed by atoms with van der Waals surface area (Å²) in [6.45, 7) is 0. The topological polar surface area (TPSA) is 6.48 Å². The van der Waals surface area contributed by atoms with Crippen molar-refractivity contribution in [3.05, 3.63) is 186 Å². The van der Waals surface area contributed by atoms with Crippen molar-refractivity contribution < 1.29 is 0 Å². The van der Waals surface area contributed by atoms with E-state index < -0.39 is 0 Å². The van der Waals surface area contributed by atoms with E-state index in [9.17, 15) is 0 Å². The Labute approximate surface area is 322 Å². The highest BCUT2D eigenvalue weighted by Gasteiger charge is 2.23. The molecule has 4 heteroatoms. The van der Waals surface area contributed by atoms with Crippen molar-refractivity contribution in [3.8, 4) is 0 Å². The lowest BCUT2D eigenvalue weighted by Crippen LogP contribution is -2.13. The minimum atomic E-state index is 1.08. The van der Waals surface area contributed by atoms with E-state index in [0.717, 1.165) is 41.3 Å². The van der Waals surface area contributed by atoms with Crippen molar-refractivity contribution in [2.45, 2.75) is 12.8 Å². The van der Waals surface area contributed by atoms with Crippen LogP contribution >= 0.6 is 22.7 Å². The molecule has 0 fully saturated rings. The maximum Gasteiger partial charge on any atom is 0.0640 e. The highest BCUT2D eigenvalue weighted by molar-refractivity contribution is 7.27. The van der Waals surface area contributed by atoms with Crippen LogP contribution in [0, 0.1) is 0 Å². The number of hydrogen-bond acceptors (Lipinski definition) is 4. The SMILES string of the molecule is C1=Cc2sc3c(N(c4cccc(N(c5ccccc5)c5ccccc5)c4)c4ccc5c(c4)c4ccccc4c4c6ccccc6sc54)cccc3c2CC1. The number of allylic oxidation sites excluding steroid dienone is 1. The zero-order chi connectivity index (χ0) is 35.6. The van der Waals surface area contributed by atoms with Crippen LogP contribution < -0.4 is 9.80 Å². The van der Waals surface area contributed by atoms with E-state index in [4.69, 9.17) is 0 Å². The van der Waals surface area contributed by atoms with Gasteiger partial charge in [-0.3, -0.25) is 0 Å². The van der Waals surface area contributed by atoms with Crippen LogP contribution in [0.4, 0.5) is 34.1 Å². The minimum absolute atomic E-state index is 1.08. The first-order valence-electron chi connectivity index (χ1n) is 18.6. The smallest absolute Gasteiger partial charge is 0.0640 e. The standard InChI is InChI=1S/C50H34N2S2/c1-3-15-33(16-4-1)51(34-17-5-2-6-18-34)35-19-13-20-36(31-35)52(45-26-14-25-41-39-22-9-11-27-46(39)53-49(41)45)37-29-30-42-44(32-37)38-21-7-8-23-40(38)48-43-24-10-12-28-47(43)54-50(42)48/h1-8,10-21,23-32H,9,22H2. The van der Waals surface area contributed by atoms with Gasteiger partial charge >= 0.3 is 0 Å². The molecule has 11 rings (SSSR count). The van der Waals surface area contributed by atoms with Crippen molar-refractivity contribution in [2.24, 2.45) is 0 Å². The number of nitrogens with zero attached hydrogens (tertiary/aromatic N) is 2. The van der Waals surface area contributed by atoms with Crippen LogP contribution in [0.15, 0.2) is 176 Å². The fourth-order valence-corrected chi connectivity index (χ4v) is 11.0. The Hall–Kier alpha value is -6.20. The zero-order valence-corrected chi connectivity index (χ0v) is 31.1. The molecule has 1 aliphatic carbocycles. The third-order valence-electron chi connectivity index (χ3n) is 10.9. The van der Waals surface area contributed by atoms with Crippen LogP contribution in [-0.2, 0) is 6.42 Å². The molecule has 0 saturated carbocycles. The Bertz CT molecular complexity index is 3030. The van der Waals surface area contributed by atoms with Gasteiger partial charge < -0.3 is 9.80 Å². The van der Waals surface area contributed by atoms with Crippen LogP contribution in [0.5, 0.6) is 0 Å². The first-order valence-corrected chi connectivity index (χ1v) is 20.2. The van der Waals surface area contributed by atoms with Crippen LogP contribution in [-0.4, -0.2) is 0 Å². The van der Waals surface area contributed by atoms with E-state index in [1.807, 2.05) is 22.7 Å². The number of hydrogen-bond donors (Lipinski definition) is 0. The Morgan fingerprint density at radius 2 is 1.04 bits per heavy atom. The molecule has 0 spiro atoms. The molecule has 2 nitrogen and oxygen atoms in total. The number of aryl methyl sites for hydroxylation is 1. The zero-order valence-electron chi connectivity index (χ0n) is 29.4. The van der Waals surface area contributed by atoms with Gasteiger partial charge in [-0.1, -0.05) is 109 Å². The summed E-state index contributed by atoms with van der Waals surface area (Å²) in [6, 6.07) is 62.2. The summed E-state index contributed by atoms with van der Waals surface area (Å²) in [5, 5.41) is 9.24. The third-order valence-corrected chi connectivity index (χ3v) is 13.3. The third kappa shape index (κ3) is 4.98. The van der Waals surface area contributed by atoms with Gasteiger partial charge in [0.1, 0.15) is 0 Å². The second kappa shape index (κ2) is 12.7. The van der Waals surface area contributed by atoms with E-state index in [1.54, 1.807) is 0 Å². The molecule has 256 valence electrons. The molecule has 1 aliphatic rings. The summed E-state index contributed by atoms with van der Waals surface area (Å²) in [7, 11) is 0. The molecule has 0 atom stereocenters. The van der Waals surface area contributed by atoms with Crippen molar-refractivity contribution in [1.82, 2.24) is 0 Å². The molecule has 0 saturated heterocycles. The summed E-state index contributed by atoms with van der Waals surface area (Å²) in [6.07, 6.45) is 6.83. The molecule has 0 bridgehead atoms. The predicted molar refractivity (Wildman–Crippen MR) is 236 cm³/mol. The van der Waals surface area contributed by atoms with Gasteiger partial charge in [0, 0.05) is 58.9 Å². The van der Waals surface area contributed by atoms with Crippen LogP contribution in [0.2, 0.25) is 0 Å². The molecular weight excluding hydrogens is 693 g/mol. The maximum atomic E-state index is 2.50. The molecule has 0 amide bonds. The lowest BCUT2D eigenvalue weighted by atomic mass is 9.96. The van der Waals surface area contributed by atoms with Crippen LogP contribution in [0.1, 0.15) is 16.9 Å². The maximum absolute atomic E-state index is 2.50. The lowest BCUT2D eigenvalue weighted by molar-refractivity contribution is 1.01. The van der Waals surface area contributed by atoms with Gasteiger partial charge in [-0.25, -0.2) is 0 Å². The minimum Gasteiger partial charge on any atom is -0.310 e. The van der Waals surface area contributed by atoms with E-state index >= 15 is 0 Å². The highest BCUT2D eigenvalue weighted by Crippen LogP contribution is 2.49. The van der Waals surface area contributed by atoms with Crippen LogP contribution in [0.3, 0.4) is 0 Å². The number of fused-ring (bicyclic) bond motifs is 11. The van der Waals surface area contributed by atoms with Gasteiger partial charge in [0.15, 0.2) is 0 Å². The van der Waals surface area contributed by atoms with Crippen molar-refractivity contribution in [3.63, 3.8) is 0 Å². The Morgan fingerprint density at radius 1 is 0.407 bits per heavy atom. The molecule has 8 aromatic carbocycles.